The van der Waals surface area contributed by atoms with Crippen molar-refractivity contribution < 1.29 is 5.11 Å². The van der Waals surface area contributed by atoms with E-state index in [1.165, 1.54) is 6.33 Å². The Morgan fingerprint density at radius 1 is 1.26 bits per heavy atom. The van der Waals surface area contributed by atoms with Crippen molar-refractivity contribution in [2.24, 2.45) is 0 Å². The fraction of sp³-hybridized carbons (Fsp3) is 0.500. The van der Waals surface area contributed by atoms with Crippen molar-refractivity contribution >= 4 is 0 Å². The lowest BCUT2D eigenvalue weighted by molar-refractivity contribution is 0.171. The van der Waals surface area contributed by atoms with E-state index in [0.29, 0.717) is 18.2 Å². The van der Waals surface area contributed by atoms with Gasteiger partial charge in [0, 0.05) is 18.8 Å². The van der Waals surface area contributed by atoms with E-state index in [-0.39, 0.29) is 0 Å². The molecular formula is C14H20N4O. The summed E-state index contributed by atoms with van der Waals surface area (Å²) in [5.41, 5.74) is 1.52. The first-order valence-corrected chi connectivity index (χ1v) is 6.72. The quantitative estimate of drug-likeness (QED) is 0.865. The monoisotopic (exact) mass is 260 g/mol. The molecule has 0 spiro atoms. The SMILES string of the molecule is CCC(CC)n1ccc(CC(O)c2ccncn2)n1. The minimum atomic E-state index is -0.631. The average molecular weight is 260 g/mol. The van der Waals surface area contributed by atoms with Gasteiger partial charge < -0.3 is 5.11 Å². The Balaban J connectivity index is 2.04. The van der Waals surface area contributed by atoms with E-state index in [2.05, 4.69) is 28.9 Å². The highest BCUT2D eigenvalue weighted by Crippen LogP contribution is 2.18. The van der Waals surface area contributed by atoms with E-state index < -0.39 is 6.10 Å². The van der Waals surface area contributed by atoms with Crippen LogP contribution in [-0.2, 0) is 6.42 Å². The first kappa shape index (κ1) is 13.7. The van der Waals surface area contributed by atoms with Gasteiger partial charge in [0.2, 0.25) is 0 Å². The van der Waals surface area contributed by atoms with Crippen LogP contribution in [0.5, 0.6) is 0 Å². The standard InChI is InChI=1S/C14H20N4O/c1-3-12(4-2)18-8-6-11(17-18)9-14(19)13-5-7-15-10-16-13/h5-8,10,12,14,19H,3-4,9H2,1-2H3. The molecule has 0 aliphatic rings. The third-order valence-corrected chi connectivity index (χ3v) is 3.33. The maximum atomic E-state index is 10.1. The molecule has 2 heterocycles. The van der Waals surface area contributed by atoms with Crippen LogP contribution in [-0.4, -0.2) is 24.9 Å². The Kier molecular flexibility index (Phi) is 4.63. The van der Waals surface area contributed by atoms with Gasteiger partial charge in [0.25, 0.3) is 0 Å². The molecule has 5 nitrogen and oxygen atoms in total. The van der Waals surface area contributed by atoms with E-state index in [1.54, 1.807) is 12.3 Å². The zero-order valence-electron chi connectivity index (χ0n) is 11.4. The van der Waals surface area contributed by atoms with Crippen LogP contribution >= 0.6 is 0 Å². The highest BCUT2D eigenvalue weighted by Gasteiger charge is 2.13. The van der Waals surface area contributed by atoms with E-state index in [9.17, 15) is 5.11 Å². The molecule has 2 rings (SSSR count). The average Bonchev–Trinajstić information content (AvgIpc) is 2.89. The molecule has 0 aromatic carbocycles. The van der Waals surface area contributed by atoms with Crippen LogP contribution in [0.15, 0.2) is 30.9 Å². The number of aliphatic hydroxyl groups is 1. The molecular weight excluding hydrogens is 240 g/mol. The summed E-state index contributed by atoms with van der Waals surface area (Å²) in [5.74, 6) is 0. The molecule has 19 heavy (non-hydrogen) atoms. The van der Waals surface area contributed by atoms with Crippen LogP contribution in [0.25, 0.3) is 0 Å². The molecule has 0 bridgehead atoms. The fourth-order valence-electron chi connectivity index (χ4n) is 2.15. The lowest BCUT2D eigenvalue weighted by Crippen LogP contribution is -2.09. The highest BCUT2D eigenvalue weighted by molar-refractivity contribution is 5.08. The zero-order chi connectivity index (χ0) is 13.7. The highest BCUT2D eigenvalue weighted by atomic mass is 16.3. The minimum absolute atomic E-state index is 0.435. The van der Waals surface area contributed by atoms with Crippen LogP contribution in [0.4, 0.5) is 0 Å². The third kappa shape index (κ3) is 3.38. The molecule has 0 aliphatic heterocycles. The number of aliphatic hydroxyl groups excluding tert-OH is 1. The van der Waals surface area contributed by atoms with Crippen LogP contribution in [0.2, 0.25) is 0 Å². The van der Waals surface area contributed by atoms with Gasteiger partial charge in [-0.3, -0.25) is 4.68 Å². The lowest BCUT2D eigenvalue weighted by atomic mass is 10.1. The minimum Gasteiger partial charge on any atom is -0.386 e. The topological polar surface area (TPSA) is 63.8 Å². The predicted octanol–water partition coefficient (Wildman–Crippen LogP) is 2.31. The van der Waals surface area contributed by atoms with Crippen molar-refractivity contribution in [2.45, 2.75) is 45.3 Å². The molecule has 102 valence electrons. The van der Waals surface area contributed by atoms with Gasteiger partial charge in [-0.25, -0.2) is 9.97 Å². The first-order chi connectivity index (χ1) is 9.24. The van der Waals surface area contributed by atoms with Gasteiger partial charge in [-0.05, 0) is 25.0 Å². The van der Waals surface area contributed by atoms with Gasteiger partial charge in [-0.1, -0.05) is 13.8 Å². The lowest BCUT2D eigenvalue weighted by Gasteiger charge is -2.12. The summed E-state index contributed by atoms with van der Waals surface area (Å²) in [7, 11) is 0. The van der Waals surface area contributed by atoms with Crippen LogP contribution in [0.1, 0.15) is 50.2 Å². The fourth-order valence-corrected chi connectivity index (χ4v) is 2.15. The van der Waals surface area contributed by atoms with Crippen molar-refractivity contribution in [2.75, 3.05) is 0 Å². The summed E-state index contributed by atoms with van der Waals surface area (Å²) in [6.07, 6.45) is 7.03. The molecule has 1 N–H and O–H groups in total. The van der Waals surface area contributed by atoms with Crippen LogP contribution in [0.3, 0.4) is 0 Å². The molecule has 0 saturated heterocycles. The molecule has 1 unspecified atom stereocenters. The van der Waals surface area contributed by atoms with Gasteiger partial charge in [-0.2, -0.15) is 5.10 Å². The third-order valence-electron chi connectivity index (χ3n) is 3.33. The van der Waals surface area contributed by atoms with Crippen molar-refractivity contribution in [3.05, 3.63) is 42.2 Å². The van der Waals surface area contributed by atoms with Crippen molar-refractivity contribution in [3.63, 3.8) is 0 Å². The van der Waals surface area contributed by atoms with Crippen LogP contribution < -0.4 is 0 Å². The summed E-state index contributed by atoms with van der Waals surface area (Å²) in [6, 6.07) is 4.12. The molecule has 0 amide bonds. The number of rotatable bonds is 6. The second kappa shape index (κ2) is 6.43. The molecule has 0 radical (unpaired) electrons. The Morgan fingerprint density at radius 2 is 2.05 bits per heavy atom. The van der Waals surface area contributed by atoms with E-state index in [1.807, 2.05) is 16.9 Å². The summed E-state index contributed by atoms with van der Waals surface area (Å²) in [6.45, 7) is 4.32. The summed E-state index contributed by atoms with van der Waals surface area (Å²) in [5, 5.41) is 14.6. The molecule has 2 aromatic rings. The number of aromatic nitrogens is 4. The van der Waals surface area contributed by atoms with Gasteiger partial charge in [0.1, 0.15) is 12.4 Å². The maximum absolute atomic E-state index is 10.1. The summed E-state index contributed by atoms with van der Waals surface area (Å²) in [4.78, 5) is 7.90. The number of nitrogens with zero attached hydrogens (tertiary/aromatic N) is 4. The first-order valence-electron chi connectivity index (χ1n) is 6.72. The predicted molar refractivity (Wildman–Crippen MR) is 72.5 cm³/mol. The normalized spacial score (nSPS) is 12.8. The van der Waals surface area contributed by atoms with E-state index >= 15 is 0 Å². The van der Waals surface area contributed by atoms with Gasteiger partial charge in [0.15, 0.2) is 0 Å². The Bertz CT molecular complexity index is 493. The van der Waals surface area contributed by atoms with Crippen molar-refractivity contribution in [1.29, 1.82) is 0 Å². The zero-order valence-corrected chi connectivity index (χ0v) is 11.4. The molecule has 0 saturated carbocycles. The molecule has 2 aromatic heterocycles. The molecule has 1 atom stereocenters. The van der Waals surface area contributed by atoms with Crippen LogP contribution in [0, 0.1) is 0 Å². The smallest absolute Gasteiger partial charge is 0.115 e. The second-order valence-electron chi connectivity index (χ2n) is 4.61. The Morgan fingerprint density at radius 3 is 2.68 bits per heavy atom. The van der Waals surface area contributed by atoms with E-state index in [0.717, 1.165) is 18.5 Å². The van der Waals surface area contributed by atoms with Gasteiger partial charge >= 0.3 is 0 Å². The van der Waals surface area contributed by atoms with Gasteiger partial charge in [-0.15, -0.1) is 0 Å². The van der Waals surface area contributed by atoms with Crippen molar-refractivity contribution in [1.82, 2.24) is 19.7 Å². The largest absolute Gasteiger partial charge is 0.386 e. The number of hydrogen-bond donors (Lipinski definition) is 1. The molecule has 0 aliphatic carbocycles. The van der Waals surface area contributed by atoms with Gasteiger partial charge in [0.05, 0.1) is 17.4 Å². The van der Waals surface area contributed by atoms with Crippen molar-refractivity contribution in [3.8, 4) is 0 Å². The number of hydrogen-bond acceptors (Lipinski definition) is 4. The summed E-state index contributed by atoms with van der Waals surface area (Å²) >= 11 is 0. The Labute approximate surface area is 113 Å². The van der Waals surface area contributed by atoms with E-state index in [4.69, 9.17) is 0 Å². The second-order valence-corrected chi connectivity index (χ2v) is 4.61. The molecule has 0 fully saturated rings. The molecule has 5 heteroatoms. The Hall–Kier alpha value is -1.75. The summed E-state index contributed by atoms with van der Waals surface area (Å²) < 4.78 is 1.99. The maximum Gasteiger partial charge on any atom is 0.115 e.